The second kappa shape index (κ2) is 4.88. The number of nitrogens with zero attached hydrogens (tertiary/aromatic N) is 1. The van der Waals surface area contributed by atoms with E-state index >= 15 is 0 Å². The van der Waals surface area contributed by atoms with Crippen LogP contribution in [-0.2, 0) is 6.54 Å². The van der Waals surface area contributed by atoms with Gasteiger partial charge in [0, 0.05) is 18.3 Å². The second-order valence-corrected chi connectivity index (χ2v) is 5.01. The number of nitrogen functional groups attached to an aromatic ring is 1. The molecule has 0 spiro atoms. The van der Waals surface area contributed by atoms with Gasteiger partial charge in [0.15, 0.2) is 0 Å². The molecule has 1 fully saturated rings. The van der Waals surface area contributed by atoms with Crippen LogP contribution in [0.25, 0.3) is 0 Å². The molecule has 2 rings (SSSR count). The Balaban J connectivity index is 2.05. The smallest absolute Gasteiger partial charge is 0.0343 e. The topological polar surface area (TPSA) is 29.3 Å². The van der Waals surface area contributed by atoms with Crippen LogP contribution in [0.2, 0.25) is 0 Å². The third-order valence-corrected chi connectivity index (χ3v) is 3.66. The molecular weight excluding hydrogens is 196 g/mol. The van der Waals surface area contributed by atoms with Gasteiger partial charge < -0.3 is 5.73 Å². The quantitative estimate of drug-likeness (QED) is 0.773. The molecule has 88 valence electrons. The van der Waals surface area contributed by atoms with Gasteiger partial charge in [-0.15, -0.1) is 0 Å². The zero-order valence-corrected chi connectivity index (χ0v) is 10.4. The molecule has 1 aliphatic rings. The lowest BCUT2D eigenvalue weighted by Gasteiger charge is -2.33. The van der Waals surface area contributed by atoms with Crippen molar-refractivity contribution < 1.29 is 0 Å². The summed E-state index contributed by atoms with van der Waals surface area (Å²) >= 11 is 0. The molecule has 1 heterocycles. The van der Waals surface area contributed by atoms with Gasteiger partial charge in [0.1, 0.15) is 0 Å². The first-order valence-electron chi connectivity index (χ1n) is 6.26. The molecule has 0 amide bonds. The Bertz CT molecular complexity index is 360. The molecule has 1 saturated heterocycles. The zero-order chi connectivity index (χ0) is 11.5. The molecule has 2 heteroatoms. The van der Waals surface area contributed by atoms with E-state index in [1.807, 2.05) is 6.07 Å². The Labute approximate surface area is 98.4 Å². The Hall–Kier alpha value is -1.02. The number of rotatable bonds is 2. The van der Waals surface area contributed by atoms with Crippen LogP contribution in [0.3, 0.4) is 0 Å². The first-order valence-corrected chi connectivity index (χ1v) is 6.26. The summed E-state index contributed by atoms with van der Waals surface area (Å²) in [6.45, 7) is 6.73. The van der Waals surface area contributed by atoms with Gasteiger partial charge in [-0.05, 0) is 50.4 Å². The van der Waals surface area contributed by atoms with Crippen LogP contribution < -0.4 is 5.73 Å². The van der Waals surface area contributed by atoms with Crippen molar-refractivity contribution in [2.45, 2.75) is 45.7 Å². The minimum Gasteiger partial charge on any atom is -0.399 e. The number of benzene rings is 1. The molecule has 16 heavy (non-hydrogen) atoms. The molecule has 0 aliphatic carbocycles. The van der Waals surface area contributed by atoms with E-state index in [0.717, 1.165) is 18.3 Å². The van der Waals surface area contributed by atoms with E-state index in [1.165, 1.54) is 36.9 Å². The summed E-state index contributed by atoms with van der Waals surface area (Å²) in [7, 11) is 0. The van der Waals surface area contributed by atoms with Crippen molar-refractivity contribution in [3.05, 3.63) is 29.3 Å². The number of aryl methyl sites for hydroxylation is 1. The van der Waals surface area contributed by atoms with Crippen molar-refractivity contribution in [2.24, 2.45) is 0 Å². The maximum Gasteiger partial charge on any atom is 0.0343 e. The van der Waals surface area contributed by atoms with Gasteiger partial charge in [0.25, 0.3) is 0 Å². The largest absolute Gasteiger partial charge is 0.399 e. The maximum absolute atomic E-state index is 5.84. The van der Waals surface area contributed by atoms with E-state index in [0.29, 0.717) is 0 Å². The highest BCUT2D eigenvalue weighted by Gasteiger charge is 2.17. The van der Waals surface area contributed by atoms with E-state index in [1.54, 1.807) is 0 Å². The van der Waals surface area contributed by atoms with Crippen molar-refractivity contribution in [1.82, 2.24) is 4.90 Å². The van der Waals surface area contributed by atoms with Crippen molar-refractivity contribution in [1.29, 1.82) is 0 Å². The fraction of sp³-hybridized carbons (Fsp3) is 0.571. The lowest BCUT2D eigenvalue weighted by molar-refractivity contribution is 0.152. The van der Waals surface area contributed by atoms with Crippen LogP contribution in [0.15, 0.2) is 18.2 Å². The van der Waals surface area contributed by atoms with Crippen LogP contribution in [0.1, 0.15) is 37.3 Å². The van der Waals surface area contributed by atoms with E-state index in [4.69, 9.17) is 5.73 Å². The number of hydrogen-bond acceptors (Lipinski definition) is 2. The molecular formula is C14H22N2. The minimum absolute atomic E-state index is 0.728. The molecule has 1 aromatic carbocycles. The van der Waals surface area contributed by atoms with E-state index < -0.39 is 0 Å². The van der Waals surface area contributed by atoms with Gasteiger partial charge in [0.2, 0.25) is 0 Å². The molecule has 0 bridgehead atoms. The molecule has 1 unspecified atom stereocenters. The molecule has 2 N–H and O–H groups in total. The Kier molecular flexibility index (Phi) is 3.49. The lowest BCUT2D eigenvalue weighted by Crippen LogP contribution is -2.36. The number of piperidine rings is 1. The lowest BCUT2D eigenvalue weighted by atomic mass is 10.0. The average molecular weight is 218 g/mol. The predicted molar refractivity (Wildman–Crippen MR) is 69.3 cm³/mol. The summed E-state index contributed by atoms with van der Waals surface area (Å²) in [6, 6.07) is 7.13. The van der Waals surface area contributed by atoms with Crippen molar-refractivity contribution in [2.75, 3.05) is 12.3 Å². The minimum atomic E-state index is 0.728. The average Bonchev–Trinajstić information content (AvgIpc) is 2.27. The predicted octanol–water partition coefficient (Wildman–Crippen LogP) is 2.95. The molecule has 1 atom stereocenters. The molecule has 2 nitrogen and oxygen atoms in total. The summed E-state index contributed by atoms with van der Waals surface area (Å²) in [5.41, 5.74) is 9.32. The summed E-state index contributed by atoms with van der Waals surface area (Å²) in [6.07, 6.45) is 4.07. The summed E-state index contributed by atoms with van der Waals surface area (Å²) < 4.78 is 0. The normalized spacial score (nSPS) is 22.2. The van der Waals surface area contributed by atoms with Crippen LogP contribution in [0.5, 0.6) is 0 Å². The summed E-state index contributed by atoms with van der Waals surface area (Å²) in [5.74, 6) is 0. The SMILES string of the molecule is Cc1cc(CN2CCCCC2C)ccc1N. The van der Waals surface area contributed by atoms with Crippen LogP contribution in [0.4, 0.5) is 5.69 Å². The molecule has 0 radical (unpaired) electrons. The standard InChI is InChI=1S/C14H22N2/c1-11-9-13(6-7-14(11)15)10-16-8-4-3-5-12(16)2/h6-7,9,12H,3-5,8,10,15H2,1-2H3. The van der Waals surface area contributed by atoms with Crippen LogP contribution in [-0.4, -0.2) is 17.5 Å². The summed E-state index contributed by atoms with van der Waals surface area (Å²) in [5, 5.41) is 0. The van der Waals surface area contributed by atoms with Gasteiger partial charge in [-0.3, -0.25) is 4.90 Å². The molecule has 0 aromatic heterocycles. The van der Waals surface area contributed by atoms with Crippen molar-refractivity contribution in [3.8, 4) is 0 Å². The van der Waals surface area contributed by atoms with Crippen LogP contribution in [0, 0.1) is 6.92 Å². The Morgan fingerprint density at radius 3 is 2.88 bits per heavy atom. The fourth-order valence-corrected chi connectivity index (χ4v) is 2.46. The van der Waals surface area contributed by atoms with Gasteiger partial charge in [-0.1, -0.05) is 18.6 Å². The monoisotopic (exact) mass is 218 g/mol. The number of nitrogens with two attached hydrogens (primary N) is 1. The van der Waals surface area contributed by atoms with Crippen molar-refractivity contribution >= 4 is 5.69 Å². The molecule has 0 saturated carbocycles. The number of likely N-dealkylation sites (tertiary alicyclic amines) is 1. The highest BCUT2D eigenvalue weighted by molar-refractivity contribution is 5.47. The second-order valence-electron chi connectivity index (χ2n) is 5.01. The third-order valence-electron chi connectivity index (χ3n) is 3.66. The van der Waals surface area contributed by atoms with Gasteiger partial charge in [-0.25, -0.2) is 0 Å². The van der Waals surface area contributed by atoms with E-state index in [-0.39, 0.29) is 0 Å². The van der Waals surface area contributed by atoms with Gasteiger partial charge in [0.05, 0.1) is 0 Å². The summed E-state index contributed by atoms with van der Waals surface area (Å²) in [4.78, 5) is 2.58. The number of hydrogen-bond donors (Lipinski definition) is 1. The number of anilines is 1. The zero-order valence-electron chi connectivity index (χ0n) is 10.4. The highest BCUT2D eigenvalue weighted by Crippen LogP contribution is 2.20. The van der Waals surface area contributed by atoms with E-state index in [9.17, 15) is 0 Å². The van der Waals surface area contributed by atoms with Crippen molar-refractivity contribution in [3.63, 3.8) is 0 Å². The maximum atomic E-state index is 5.84. The fourth-order valence-electron chi connectivity index (χ4n) is 2.46. The highest BCUT2D eigenvalue weighted by atomic mass is 15.2. The van der Waals surface area contributed by atoms with Gasteiger partial charge >= 0.3 is 0 Å². The first-order chi connectivity index (χ1) is 7.66. The first kappa shape index (κ1) is 11.5. The third kappa shape index (κ3) is 2.56. The van der Waals surface area contributed by atoms with E-state index in [2.05, 4.69) is 30.9 Å². The Morgan fingerprint density at radius 1 is 1.38 bits per heavy atom. The molecule has 1 aromatic rings. The molecule has 1 aliphatic heterocycles. The van der Waals surface area contributed by atoms with Crippen LogP contribution >= 0.6 is 0 Å². The van der Waals surface area contributed by atoms with Gasteiger partial charge in [-0.2, -0.15) is 0 Å². The Morgan fingerprint density at radius 2 is 2.19 bits per heavy atom.